The van der Waals surface area contributed by atoms with E-state index in [1.165, 1.54) is 0 Å². The van der Waals surface area contributed by atoms with Crippen molar-refractivity contribution in [1.29, 1.82) is 0 Å². The largest absolute Gasteiger partial charge is 0.433 e. The molecule has 1 atom stereocenters. The van der Waals surface area contributed by atoms with E-state index in [4.69, 9.17) is 12.2 Å². The first-order valence-corrected chi connectivity index (χ1v) is 6.69. The Morgan fingerprint density at radius 1 is 1.26 bits per heavy atom. The molecule has 0 spiro atoms. The summed E-state index contributed by atoms with van der Waals surface area (Å²) in [6, 6.07) is 0. The second-order valence-corrected chi connectivity index (χ2v) is 6.54. The summed E-state index contributed by atoms with van der Waals surface area (Å²) >= 11 is 4.79. The number of H-pyrrole nitrogens is 1. The van der Waals surface area contributed by atoms with Gasteiger partial charge >= 0.3 is 6.18 Å². The zero-order valence-corrected chi connectivity index (χ0v) is 12.0. The molecule has 1 N–H and O–H groups in total. The van der Waals surface area contributed by atoms with Crippen LogP contribution in [0, 0.1) is 16.1 Å². The van der Waals surface area contributed by atoms with Gasteiger partial charge in [0.1, 0.15) is 0 Å². The standard InChI is InChI=1S/C13H17F3N2S/c1-12(2,3)7-4-5-9-8(6-7)10(13(14,15)16)18-11(19)17-9/h7H,4-6H2,1-3H3,(H,17,18,19)/t7-/m0/s1. The van der Waals surface area contributed by atoms with Crippen molar-refractivity contribution >= 4 is 12.2 Å². The molecule has 1 aromatic rings. The number of nitrogens with zero attached hydrogens (tertiary/aromatic N) is 1. The summed E-state index contributed by atoms with van der Waals surface area (Å²) in [5.41, 5.74) is 0.0907. The third kappa shape index (κ3) is 2.99. The molecule has 106 valence electrons. The highest BCUT2D eigenvalue weighted by Crippen LogP contribution is 2.40. The van der Waals surface area contributed by atoms with Crippen LogP contribution in [0.3, 0.4) is 0 Å². The van der Waals surface area contributed by atoms with Gasteiger partial charge in [-0.3, -0.25) is 0 Å². The minimum absolute atomic E-state index is 0.00675. The lowest BCUT2D eigenvalue weighted by atomic mass is 9.71. The predicted molar refractivity (Wildman–Crippen MR) is 69.4 cm³/mol. The van der Waals surface area contributed by atoms with E-state index in [1.54, 1.807) is 0 Å². The van der Waals surface area contributed by atoms with Crippen molar-refractivity contribution in [2.75, 3.05) is 0 Å². The van der Waals surface area contributed by atoms with Crippen LogP contribution in [0.1, 0.15) is 44.1 Å². The van der Waals surface area contributed by atoms with Gasteiger partial charge in [0.05, 0.1) is 0 Å². The van der Waals surface area contributed by atoms with Crippen molar-refractivity contribution in [3.05, 3.63) is 21.7 Å². The molecule has 6 heteroatoms. The van der Waals surface area contributed by atoms with Gasteiger partial charge in [-0.25, -0.2) is 4.98 Å². The molecule has 19 heavy (non-hydrogen) atoms. The number of nitrogens with one attached hydrogen (secondary N) is 1. The summed E-state index contributed by atoms with van der Waals surface area (Å²) in [5.74, 6) is 0.229. The first kappa shape index (κ1) is 14.5. The number of aromatic amines is 1. The summed E-state index contributed by atoms with van der Waals surface area (Å²) in [7, 11) is 0. The highest BCUT2D eigenvalue weighted by atomic mass is 32.1. The first-order valence-electron chi connectivity index (χ1n) is 6.28. The maximum absolute atomic E-state index is 13.1. The molecule has 0 saturated heterocycles. The van der Waals surface area contributed by atoms with Crippen molar-refractivity contribution in [2.45, 2.75) is 46.2 Å². The lowest BCUT2D eigenvalue weighted by molar-refractivity contribution is -0.142. The van der Waals surface area contributed by atoms with Crippen LogP contribution < -0.4 is 0 Å². The van der Waals surface area contributed by atoms with E-state index >= 15 is 0 Å². The fourth-order valence-electron chi connectivity index (χ4n) is 2.62. The molecule has 1 aliphatic carbocycles. The van der Waals surface area contributed by atoms with Crippen LogP contribution in [-0.2, 0) is 19.0 Å². The third-order valence-corrected chi connectivity index (χ3v) is 4.00. The molecule has 0 bridgehead atoms. The number of alkyl halides is 3. The van der Waals surface area contributed by atoms with Gasteiger partial charge < -0.3 is 4.98 Å². The molecule has 0 amide bonds. The Morgan fingerprint density at radius 2 is 1.89 bits per heavy atom. The van der Waals surface area contributed by atoms with Gasteiger partial charge in [0.15, 0.2) is 10.5 Å². The predicted octanol–water partition coefficient (Wildman–Crippen LogP) is 4.31. The SMILES string of the molecule is CC(C)(C)[C@H]1CCc2[nH]c(=S)nc(C(F)(F)F)c2C1. The van der Waals surface area contributed by atoms with Crippen LogP contribution in [0.25, 0.3) is 0 Å². The van der Waals surface area contributed by atoms with Gasteiger partial charge in [0.25, 0.3) is 0 Å². The van der Waals surface area contributed by atoms with Crippen molar-refractivity contribution in [3.63, 3.8) is 0 Å². The Balaban J connectivity index is 2.51. The molecule has 1 heterocycles. The lowest BCUT2D eigenvalue weighted by Crippen LogP contribution is -2.30. The highest BCUT2D eigenvalue weighted by Gasteiger charge is 2.40. The van der Waals surface area contributed by atoms with E-state index in [2.05, 4.69) is 30.7 Å². The second-order valence-electron chi connectivity index (χ2n) is 6.15. The van der Waals surface area contributed by atoms with Crippen molar-refractivity contribution in [2.24, 2.45) is 11.3 Å². The minimum Gasteiger partial charge on any atom is -0.334 e. The number of aryl methyl sites for hydroxylation is 1. The van der Waals surface area contributed by atoms with E-state index in [1.807, 2.05) is 0 Å². The molecule has 2 nitrogen and oxygen atoms in total. The van der Waals surface area contributed by atoms with Gasteiger partial charge in [0, 0.05) is 11.3 Å². The van der Waals surface area contributed by atoms with Crippen molar-refractivity contribution < 1.29 is 13.2 Å². The highest BCUT2D eigenvalue weighted by molar-refractivity contribution is 7.71. The van der Waals surface area contributed by atoms with E-state index < -0.39 is 11.9 Å². The van der Waals surface area contributed by atoms with Gasteiger partial charge in [-0.05, 0) is 42.8 Å². The smallest absolute Gasteiger partial charge is 0.334 e. The quantitative estimate of drug-likeness (QED) is 0.721. The van der Waals surface area contributed by atoms with Crippen molar-refractivity contribution in [1.82, 2.24) is 9.97 Å². The molecule has 0 radical (unpaired) electrons. The van der Waals surface area contributed by atoms with Crippen LogP contribution in [0.2, 0.25) is 0 Å². The number of halogens is 3. The van der Waals surface area contributed by atoms with Crippen LogP contribution in [0.4, 0.5) is 13.2 Å². The number of hydrogen-bond donors (Lipinski definition) is 1. The number of fused-ring (bicyclic) bond motifs is 1. The van der Waals surface area contributed by atoms with Gasteiger partial charge in [-0.2, -0.15) is 13.2 Å². The van der Waals surface area contributed by atoms with Crippen molar-refractivity contribution in [3.8, 4) is 0 Å². The molecule has 0 saturated carbocycles. The van der Waals surface area contributed by atoms with Crippen LogP contribution in [-0.4, -0.2) is 9.97 Å². The van der Waals surface area contributed by atoms with Gasteiger partial charge in [-0.1, -0.05) is 20.8 Å². The van der Waals surface area contributed by atoms with Crippen LogP contribution in [0.5, 0.6) is 0 Å². The summed E-state index contributed by atoms with van der Waals surface area (Å²) in [5, 5.41) is 0. The fraction of sp³-hybridized carbons (Fsp3) is 0.692. The minimum atomic E-state index is -4.44. The topological polar surface area (TPSA) is 28.7 Å². The Labute approximate surface area is 115 Å². The average Bonchev–Trinajstić information content (AvgIpc) is 2.24. The Hall–Kier alpha value is -0.910. The maximum atomic E-state index is 13.1. The molecule has 0 aromatic carbocycles. The van der Waals surface area contributed by atoms with Crippen LogP contribution >= 0.6 is 12.2 Å². The lowest BCUT2D eigenvalue weighted by Gasteiger charge is -2.35. The molecule has 2 rings (SSSR count). The zero-order chi connectivity index (χ0) is 14.4. The zero-order valence-electron chi connectivity index (χ0n) is 11.2. The number of aromatic nitrogens is 2. The van der Waals surface area contributed by atoms with E-state index in [0.717, 1.165) is 6.42 Å². The first-order chi connectivity index (χ1) is 8.59. The Bertz CT molecular complexity index is 540. The monoisotopic (exact) mass is 290 g/mol. The summed E-state index contributed by atoms with van der Waals surface area (Å²) in [6.45, 7) is 6.19. The Morgan fingerprint density at radius 3 is 2.42 bits per heavy atom. The third-order valence-electron chi connectivity index (χ3n) is 3.81. The molecule has 1 aliphatic rings. The van der Waals surface area contributed by atoms with Gasteiger partial charge in [-0.15, -0.1) is 0 Å². The molecular weight excluding hydrogens is 273 g/mol. The summed E-state index contributed by atoms with van der Waals surface area (Å²) in [6.07, 6.45) is -2.55. The fourth-order valence-corrected chi connectivity index (χ4v) is 2.83. The van der Waals surface area contributed by atoms with E-state index in [0.29, 0.717) is 24.1 Å². The molecule has 1 aromatic heterocycles. The normalized spacial score (nSPS) is 20.2. The maximum Gasteiger partial charge on any atom is 0.433 e. The summed E-state index contributed by atoms with van der Waals surface area (Å²) in [4.78, 5) is 6.32. The summed E-state index contributed by atoms with van der Waals surface area (Å²) < 4.78 is 39.1. The molecule has 0 fully saturated rings. The van der Waals surface area contributed by atoms with Gasteiger partial charge in [0.2, 0.25) is 0 Å². The number of rotatable bonds is 0. The molecule has 0 unspecified atom stereocenters. The Kier molecular flexibility index (Phi) is 3.49. The average molecular weight is 290 g/mol. The second kappa shape index (κ2) is 4.58. The molecular formula is C13H17F3N2S. The van der Waals surface area contributed by atoms with Crippen LogP contribution in [0.15, 0.2) is 0 Å². The van der Waals surface area contributed by atoms with E-state index in [-0.39, 0.29) is 16.1 Å². The number of hydrogen-bond acceptors (Lipinski definition) is 2. The molecule has 0 aliphatic heterocycles. The van der Waals surface area contributed by atoms with E-state index in [9.17, 15) is 13.2 Å².